The first-order chi connectivity index (χ1) is 15.7. The Kier molecular flexibility index (Phi) is 8.16. The van der Waals surface area contributed by atoms with Gasteiger partial charge in [0.05, 0.1) is 23.0 Å². The van der Waals surface area contributed by atoms with E-state index in [1.165, 1.54) is 0 Å². The Bertz CT molecular complexity index is 1140. The van der Waals surface area contributed by atoms with Gasteiger partial charge in [-0.25, -0.2) is 9.48 Å². The lowest BCUT2D eigenvalue weighted by molar-refractivity contribution is 0.0518. The lowest BCUT2D eigenvalue weighted by Gasteiger charge is -2.16. The van der Waals surface area contributed by atoms with Crippen molar-refractivity contribution in [1.82, 2.24) is 15.1 Å². The molecule has 0 bridgehead atoms. The molecule has 2 aromatic carbocycles. The number of amides is 1. The number of rotatable bonds is 8. The maximum absolute atomic E-state index is 12.6. The molecule has 0 fully saturated rings. The number of ether oxygens (including phenoxy) is 1. The van der Waals surface area contributed by atoms with Gasteiger partial charge in [-0.2, -0.15) is 5.10 Å². The summed E-state index contributed by atoms with van der Waals surface area (Å²) in [7, 11) is 0. The van der Waals surface area contributed by atoms with Crippen LogP contribution < -0.4 is 5.32 Å². The van der Waals surface area contributed by atoms with E-state index >= 15 is 0 Å². The summed E-state index contributed by atoms with van der Waals surface area (Å²) < 4.78 is 6.71. The fraction of sp³-hybridized carbons (Fsp3) is 0.320. The molecule has 1 amide bonds. The zero-order chi connectivity index (χ0) is 24.1. The largest absolute Gasteiger partial charge is 0.461 e. The normalized spacial score (nSPS) is 12.0. The molecule has 0 aliphatic carbocycles. The minimum atomic E-state index is -0.530. The molecule has 0 radical (unpaired) electrons. The van der Waals surface area contributed by atoms with Crippen LogP contribution in [0.2, 0.25) is 10.0 Å². The molecule has 1 atom stereocenters. The maximum Gasteiger partial charge on any atom is 0.358 e. The number of carbonyl (C=O) groups is 2. The van der Waals surface area contributed by atoms with Crippen LogP contribution in [-0.4, -0.2) is 34.3 Å². The zero-order valence-corrected chi connectivity index (χ0v) is 20.6. The minimum absolute atomic E-state index is 0.0778. The highest BCUT2D eigenvalue weighted by molar-refractivity contribution is 6.36. The summed E-state index contributed by atoms with van der Waals surface area (Å²) in [4.78, 5) is 24.9. The van der Waals surface area contributed by atoms with Crippen molar-refractivity contribution in [3.05, 3.63) is 69.8 Å². The molecule has 0 aliphatic heterocycles. The van der Waals surface area contributed by atoms with Crippen LogP contribution in [0.3, 0.4) is 0 Å². The second kappa shape index (κ2) is 10.9. The third-order valence-electron chi connectivity index (χ3n) is 4.98. The molecule has 0 saturated carbocycles. The van der Waals surface area contributed by atoms with E-state index < -0.39 is 5.97 Å². The fourth-order valence-corrected chi connectivity index (χ4v) is 4.10. The van der Waals surface area contributed by atoms with E-state index in [0.29, 0.717) is 38.5 Å². The zero-order valence-electron chi connectivity index (χ0n) is 19.1. The number of benzene rings is 2. The second-order valence-corrected chi connectivity index (χ2v) is 9.07. The molecule has 3 rings (SSSR count). The predicted molar refractivity (Wildman–Crippen MR) is 131 cm³/mol. The van der Waals surface area contributed by atoms with Crippen LogP contribution in [0.4, 0.5) is 0 Å². The third kappa shape index (κ3) is 6.15. The quantitative estimate of drug-likeness (QED) is 0.384. The molecule has 0 saturated heterocycles. The Labute approximate surface area is 203 Å². The highest BCUT2D eigenvalue weighted by Crippen LogP contribution is 2.32. The van der Waals surface area contributed by atoms with Crippen molar-refractivity contribution in [2.45, 2.75) is 40.2 Å². The first kappa shape index (κ1) is 24.8. The molecule has 1 N–H and O–H groups in total. The molecule has 1 aromatic heterocycles. The third-order valence-corrected chi connectivity index (χ3v) is 5.53. The van der Waals surface area contributed by atoms with Crippen LogP contribution in [0.5, 0.6) is 0 Å². The number of nitrogens with zero attached hydrogens (tertiary/aromatic N) is 2. The summed E-state index contributed by atoms with van der Waals surface area (Å²) in [6.07, 6.45) is 0.902. The van der Waals surface area contributed by atoms with Gasteiger partial charge in [0.1, 0.15) is 0 Å². The minimum Gasteiger partial charge on any atom is -0.461 e. The predicted octanol–water partition coefficient (Wildman–Crippen LogP) is 6.19. The van der Waals surface area contributed by atoms with Gasteiger partial charge in [-0.1, -0.05) is 37.0 Å². The van der Waals surface area contributed by atoms with Gasteiger partial charge in [-0.05, 0) is 74.7 Å². The molecule has 8 heteroatoms. The maximum atomic E-state index is 12.6. The van der Waals surface area contributed by atoms with Crippen molar-refractivity contribution >= 4 is 35.1 Å². The molecular formula is C25H27Cl2N3O3. The van der Waals surface area contributed by atoms with Gasteiger partial charge in [0, 0.05) is 22.2 Å². The van der Waals surface area contributed by atoms with Crippen LogP contribution in [0.25, 0.3) is 16.9 Å². The van der Waals surface area contributed by atoms with E-state index in [0.717, 1.165) is 6.42 Å². The highest BCUT2D eigenvalue weighted by atomic mass is 35.5. The SMILES string of the molecule is CCOC(=O)c1cc(-c2ccc(Cl)cc2Cl)n(-c2ccc(C(=O)NC(C)CC(C)C)cc2)n1. The molecule has 33 heavy (non-hydrogen) atoms. The van der Waals surface area contributed by atoms with Gasteiger partial charge in [0.15, 0.2) is 5.69 Å². The van der Waals surface area contributed by atoms with E-state index in [1.54, 1.807) is 60.1 Å². The molecule has 0 spiro atoms. The Morgan fingerprint density at radius 3 is 2.36 bits per heavy atom. The molecule has 6 nitrogen and oxygen atoms in total. The van der Waals surface area contributed by atoms with Crippen LogP contribution in [0.1, 0.15) is 55.0 Å². The van der Waals surface area contributed by atoms with Crippen LogP contribution >= 0.6 is 23.2 Å². The monoisotopic (exact) mass is 487 g/mol. The average Bonchev–Trinajstić information content (AvgIpc) is 3.18. The number of carbonyl (C=O) groups excluding carboxylic acids is 2. The van der Waals surface area contributed by atoms with Crippen molar-refractivity contribution in [3.8, 4) is 16.9 Å². The van der Waals surface area contributed by atoms with Gasteiger partial charge in [-0.3, -0.25) is 4.79 Å². The number of halogens is 2. The van der Waals surface area contributed by atoms with Crippen molar-refractivity contribution in [2.24, 2.45) is 5.92 Å². The van der Waals surface area contributed by atoms with Crippen molar-refractivity contribution in [2.75, 3.05) is 6.61 Å². The van der Waals surface area contributed by atoms with E-state index in [9.17, 15) is 9.59 Å². The van der Waals surface area contributed by atoms with E-state index in [2.05, 4.69) is 24.3 Å². The van der Waals surface area contributed by atoms with Gasteiger partial charge >= 0.3 is 5.97 Å². The Balaban J connectivity index is 1.96. The van der Waals surface area contributed by atoms with Crippen molar-refractivity contribution in [3.63, 3.8) is 0 Å². The molecular weight excluding hydrogens is 461 g/mol. The first-order valence-corrected chi connectivity index (χ1v) is 11.6. The average molecular weight is 488 g/mol. The summed E-state index contributed by atoms with van der Waals surface area (Å²) in [5.74, 6) is -0.171. The Hall–Kier alpha value is -2.83. The lowest BCUT2D eigenvalue weighted by atomic mass is 10.0. The number of esters is 1. The van der Waals surface area contributed by atoms with Crippen molar-refractivity contribution < 1.29 is 14.3 Å². The highest BCUT2D eigenvalue weighted by Gasteiger charge is 2.20. The summed E-state index contributed by atoms with van der Waals surface area (Å²) >= 11 is 12.5. The summed E-state index contributed by atoms with van der Waals surface area (Å²) in [5, 5.41) is 8.39. The summed E-state index contributed by atoms with van der Waals surface area (Å²) in [6, 6.07) is 13.8. The van der Waals surface area contributed by atoms with Crippen molar-refractivity contribution in [1.29, 1.82) is 0 Å². The van der Waals surface area contributed by atoms with E-state index in [-0.39, 0.29) is 24.2 Å². The Morgan fingerprint density at radius 2 is 1.76 bits per heavy atom. The van der Waals surface area contributed by atoms with Crippen LogP contribution in [-0.2, 0) is 4.74 Å². The number of aromatic nitrogens is 2. The fourth-order valence-electron chi connectivity index (χ4n) is 3.60. The number of hydrogen-bond donors (Lipinski definition) is 1. The molecule has 0 aliphatic rings. The lowest BCUT2D eigenvalue weighted by Crippen LogP contribution is -2.33. The Morgan fingerprint density at radius 1 is 1.06 bits per heavy atom. The second-order valence-electron chi connectivity index (χ2n) is 8.22. The van der Waals surface area contributed by atoms with Gasteiger partial charge in [-0.15, -0.1) is 0 Å². The van der Waals surface area contributed by atoms with E-state index in [1.807, 2.05) is 6.92 Å². The van der Waals surface area contributed by atoms with Gasteiger partial charge < -0.3 is 10.1 Å². The van der Waals surface area contributed by atoms with Crippen LogP contribution in [0, 0.1) is 5.92 Å². The summed E-state index contributed by atoms with van der Waals surface area (Å²) in [5.41, 5.74) is 2.62. The summed E-state index contributed by atoms with van der Waals surface area (Å²) in [6.45, 7) is 8.21. The topological polar surface area (TPSA) is 73.2 Å². The standard InChI is InChI=1S/C25H27Cl2N3O3/c1-5-33-25(32)22-14-23(20-11-8-18(26)13-21(20)27)30(29-22)19-9-6-17(7-10-19)24(31)28-16(4)12-15(2)3/h6-11,13-16H,5,12H2,1-4H3,(H,28,31). The molecule has 1 unspecified atom stereocenters. The smallest absolute Gasteiger partial charge is 0.358 e. The molecule has 174 valence electrons. The number of hydrogen-bond acceptors (Lipinski definition) is 4. The van der Waals surface area contributed by atoms with Crippen LogP contribution in [0.15, 0.2) is 48.5 Å². The van der Waals surface area contributed by atoms with E-state index in [4.69, 9.17) is 27.9 Å². The molecule has 3 aromatic rings. The molecule has 1 heterocycles. The first-order valence-electron chi connectivity index (χ1n) is 10.8. The number of nitrogens with one attached hydrogen (secondary N) is 1. The van der Waals surface area contributed by atoms with Gasteiger partial charge in [0.2, 0.25) is 0 Å². The van der Waals surface area contributed by atoms with Gasteiger partial charge in [0.25, 0.3) is 5.91 Å².